The minimum Gasteiger partial charge on any atom is -0.480 e. The van der Waals surface area contributed by atoms with Crippen molar-refractivity contribution >= 4 is 12.0 Å². The normalized spacial score (nSPS) is 12.3. The van der Waals surface area contributed by atoms with E-state index < -0.39 is 12.0 Å². The highest BCUT2D eigenvalue weighted by atomic mass is 16.4. The Kier molecular flexibility index (Phi) is 4.15. The molecule has 1 atom stereocenters. The number of rotatable bonds is 4. The second kappa shape index (κ2) is 4.63. The van der Waals surface area contributed by atoms with Crippen LogP contribution in [0.5, 0.6) is 0 Å². The summed E-state index contributed by atoms with van der Waals surface area (Å²) in [6.45, 7) is 3.74. The first-order chi connectivity index (χ1) is 5.07. The smallest absolute Gasteiger partial charge is 0.329 e. The lowest BCUT2D eigenvalue weighted by Gasteiger charge is -2.06. The summed E-state index contributed by atoms with van der Waals surface area (Å²) in [5.41, 5.74) is 0. The minimum atomic E-state index is -1.07. The predicted molar refractivity (Wildman–Crippen MR) is 39.0 cm³/mol. The van der Waals surface area contributed by atoms with E-state index in [4.69, 9.17) is 5.11 Å². The summed E-state index contributed by atoms with van der Waals surface area (Å²) in [5.74, 6) is -0.852. The first-order valence-electron chi connectivity index (χ1n) is 3.37. The lowest BCUT2D eigenvalue weighted by molar-refractivity contribution is -0.138. The molecule has 4 heteroatoms. The van der Waals surface area contributed by atoms with Crippen molar-refractivity contribution in [2.75, 3.05) is 0 Å². The average molecular weight is 157 g/mol. The maximum Gasteiger partial charge on any atom is 0.329 e. The molecule has 0 rings (SSSR count). The summed E-state index contributed by atoms with van der Waals surface area (Å²) in [5, 5.41) is 8.48. The van der Waals surface area contributed by atoms with E-state index in [1.165, 1.54) is 6.08 Å². The fourth-order valence-electron chi connectivity index (χ4n) is 0.719. The summed E-state index contributed by atoms with van der Waals surface area (Å²) >= 11 is 0. The van der Waals surface area contributed by atoms with Crippen LogP contribution in [-0.2, 0) is 9.59 Å². The Balaban J connectivity index is 4.11. The van der Waals surface area contributed by atoms with E-state index in [0.29, 0.717) is 6.42 Å². The largest absolute Gasteiger partial charge is 0.480 e. The number of carbonyl (C=O) groups excluding carboxylic acids is 1. The van der Waals surface area contributed by atoms with Crippen LogP contribution in [-0.4, -0.2) is 23.2 Å². The number of nitrogens with zero attached hydrogens (tertiary/aromatic N) is 1. The van der Waals surface area contributed by atoms with Crippen molar-refractivity contribution in [3.63, 3.8) is 0 Å². The molecule has 0 fully saturated rings. The van der Waals surface area contributed by atoms with Gasteiger partial charge in [0.1, 0.15) is 0 Å². The van der Waals surface area contributed by atoms with E-state index in [0.717, 1.165) is 0 Å². The van der Waals surface area contributed by atoms with Crippen LogP contribution in [0.25, 0.3) is 0 Å². The van der Waals surface area contributed by atoms with Gasteiger partial charge < -0.3 is 5.11 Å². The first-order valence-corrected chi connectivity index (χ1v) is 3.37. The van der Waals surface area contributed by atoms with Crippen LogP contribution in [0, 0.1) is 5.92 Å². The molecule has 0 saturated heterocycles. The number of carboxylic acids is 1. The third-order valence-electron chi connectivity index (χ3n) is 1.19. The van der Waals surface area contributed by atoms with Crippen LogP contribution in [0.4, 0.5) is 0 Å². The molecule has 4 nitrogen and oxygen atoms in total. The molecule has 0 aromatic rings. The number of aliphatic carboxylic acids is 1. The second-order valence-corrected chi connectivity index (χ2v) is 2.70. The molecule has 0 saturated carbocycles. The predicted octanol–water partition coefficient (Wildman–Crippen LogP) is 0.822. The van der Waals surface area contributed by atoms with Crippen molar-refractivity contribution in [2.24, 2.45) is 10.9 Å². The van der Waals surface area contributed by atoms with Gasteiger partial charge in [-0.15, -0.1) is 0 Å². The molecule has 11 heavy (non-hydrogen) atoms. The maximum atomic E-state index is 10.4. The monoisotopic (exact) mass is 157 g/mol. The molecule has 0 aliphatic rings. The highest BCUT2D eigenvalue weighted by molar-refractivity contribution is 5.74. The molecular weight excluding hydrogens is 146 g/mol. The molecule has 62 valence electrons. The zero-order valence-corrected chi connectivity index (χ0v) is 6.57. The summed E-state index contributed by atoms with van der Waals surface area (Å²) in [6, 6.07) is -0.924. The molecule has 0 bridgehead atoms. The zero-order chi connectivity index (χ0) is 8.85. The third-order valence-corrected chi connectivity index (χ3v) is 1.19. The Morgan fingerprint density at radius 3 is 2.45 bits per heavy atom. The molecular formula is C7H11NO3. The Morgan fingerprint density at radius 1 is 1.64 bits per heavy atom. The van der Waals surface area contributed by atoms with E-state index in [-0.39, 0.29) is 5.92 Å². The van der Waals surface area contributed by atoms with Crippen molar-refractivity contribution in [1.82, 2.24) is 0 Å². The van der Waals surface area contributed by atoms with Gasteiger partial charge in [-0.2, -0.15) is 4.99 Å². The van der Waals surface area contributed by atoms with Gasteiger partial charge in [-0.3, -0.25) is 0 Å². The number of carbonyl (C=O) groups is 1. The van der Waals surface area contributed by atoms with E-state index in [9.17, 15) is 9.59 Å². The van der Waals surface area contributed by atoms with Crippen LogP contribution in [0.15, 0.2) is 4.99 Å². The number of hydrogen-bond acceptors (Lipinski definition) is 3. The van der Waals surface area contributed by atoms with Gasteiger partial charge >= 0.3 is 5.97 Å². The van der Waals surface area contributed by atoms with Gasteiger partial charge in [0, 0.05) is 0 Å². The van der Waals surface area contributed by atoms with Crippen molar-refractivity contribution < 1.29 is 14.7 Å². The van der Waals surface area contributed by atoms with Crippen LogP contribution < -0.4 is 0 Å². The molecule has 0 heterocycles. The third kappa shape index (κ3) is 4.28. The fourth-order valence-corrected chi connectivity index (χ4v) is 0.719. The van der Waals surface area contributed by atoms with Gasteiger partial charge in [0.05, 0.1) is 0 Å². The molecule has 0 aliphatic heterocycles. The Hall–Kier alpha value is -1.15. The number of aliphatic imine (C=N–C) groups is 1. The topological polar surface area (TPSA) is 66.7 Å². The Labute approximate surface area is 64.9 Å². The van der Waals surface area contributed by atoms with Crippen molar-refractivity contribution in [2.45, 2.75) is 26.3 Å². The standard InChI is InChI=1S/C7H11NO3/c1-5(2)3-6(7(10)11)8-4-9/h5-6H,3H2,1-2H3,(H,10,11)/t6-/m1/s1. The van der Waals surface area contributed by atoms with Gasteiger partial charge in [0.25, 0.3) is 0 Å². The Bertz CT molecular complexity index is 180. The maximum absolute atomic E-state index is 10.4. The zero-order valence-electron chi connectivity index (χ0n) is 6.57. The lowest BCUT2D eigenvalue weighted by atomic mass is 10.0. The van der Waals surface area contributed by atoms with E-state index >= 15 is 0 Å². The lowest BCUT2D eigenvalue weighted by Crippen LogP contribution is -2.19. The highest BCUT2D eigenvalue weighted by Gasteiger charge is 2.16. The van der Waals surface area contributed by atoms with E-state index in [1.807, 2.05) is 13.8 Å². The number of hydrogen-bond donors (Lipinski definition) is 1. The van der Waals surface area contributed by atoms with Crippen LogP contribution in [0.1, 0.15) is 20.3 Å². The van der Waals surface area contributed by atoms with E-state index in [1.54, 1.807) is 0 Å². The summed E-state index contributed by atoms with van der Waals surface area (Å²) in [6.07, 6.45) is 1.63. The summed E-state index contributed by atoms with van der Waals surface area (Å²) in [4.78, 5) is 23.3. The second-order valence-electron chi connectivity index (χ2n) is 2.70. The molecule has 1 N–H and O–H groups in total. The quantitative estimate of drug-likeness (QED) is 0.485. The minimum absolute atomic E-state index is 0.216. The highest BCUT2D eigenvalue weighted by Crippen LogP contribution is 2.07. The fraction of sp³-hybridized carbons (Fsp3) is 0.714. The molecule has 0 aromatic carbocycles. The average Bonchev–Trinajstić information content (AvgIpc) is 1.86. The molecule has 0 radical (unpaired) electrons. The van der Waals surface area contributed by atoms with Crippen molar-refractivity contribution in [3.8, 4) is 0 Å². The summed E-state index contributed by atoms with van der Waals surface area (Å²) in [7, 11) is 0. The van der Waals surface area contributed by atoms with Gasteiger partial charge in [-0.1, -0.05) is 13.8 Å². The molecule has 0 spiro atoms. The van der Waals surface area contributed by atoms with Crippen molar-refractivity contribution in [3.05, 3.63) is 0 Å². The van der Waals surface area contributed by atoms with Gasteiger partial charge in [0.2, 0.25) is 6.08 Å². The molecule has 0 aromatic heterocycles. The van der Waals surface area contributed by atoms with Crippen LogP contribution >= 0.6 is 0 Å². The SMILES string of the molecule is CC(C)C[C@@H](N=C=O)C(=O)O. The van der Waals surface area contributed by atoms with Crippen LogP contribution in [0.2, 0.25) is 0 Å². The number of isocyanates is 1. The number of carboxylic acid groups (broad SMARTS) is 1. The van der Waals surface area contributed by atoms with E-state index in [2.05, 4.69) is 4.99 Å². The van der Waals surface area contributed by atoms with Gasteiger partial charge in [0.15, 0.2) is 6.04 Å². The summed E-state index contributed by atoms with van der Waals surface area (Å²) < 4.78 is 0. The van der Waals surface area contributed by atoms with Crippen molar-refractivity contribution in [1.29, 1.82) is 0 Å². The molecule has 0 unspecified atom stereocenters. The first kappa shape index (κ1) is 9.85. The van der Waals surface area contributed by atoms with Gasteiger partial charge in [-0.25, -0.2) is 9.59 Å². The molecule has 0 amide bonds. The Morgan fingerprint density at radius 2 is 2.18 bits per heavy atom. The van der Waals surface area contributed by atoms with Gasteiger partial charge in [-0.05, 0) is 12.3 Å². The van der Waals surface area contributed by atoms with Crippen LogP contribution in [0.3, 0.4) is 0 Å². The molecule has 0 aliphatic carbocycles.